The molecule has 1 saturated heterocycles. The van der Waals surface area contributed by atoms with Gasteiger partial charge in [0, 0.05) is 42.6 Å². The van der Waals surface area contributed by atoms with Gasteiger partial charge in [0.2, 0.25) is 11.8 Å². The molecule has 0 bridgehead atoms. The Bertz CT molecular complexity index is 926. The van der Waals surface area contributed by atoms with E-state index in [1.807, 2.05) is 47.4 Å². The van der Waals surface area contributed by atoms with Gasteiger partial charge in [-0.25, -0.2) is 0 Å². The Balaban J connectivity index is 1.26. The summed E-state index contributed by atoms with van der Waals surface area (Å²) in [6.07, 6.45) is 1.80. The van der Waals surface area contributed by atoms with Crippen LogP contribution >= 0.6 is 11.8 Å². The van der Waals surface area contributed by atoms with Crippen LogP contribution in [0.25, 0.3) is 0 Å². The summed E-state index contributed by atoms with van der Waals surface area (Å²) >= 11 is 1.55. The molecule has 6 nitrogen and oxygen atoms in total. The molecule has 0 spiro atoms. The van der Waals surface area contributed by atoms with Crippen LogP contribution in [0.1, 0.15) is 29.6 Å². The maximum atomic E-state index is 12.7. The lowest BCUT2D eigenvalue weighted by molar-refractivity contribution is -0.132. The van der Waals surface area contributed by atoms with Crippen LogP contribution in [0.5, 0.6) is 0 Å². The second kappa shape index (κ2) is 9.34. The zero-order chi connectivity index (χ0) is 20.9. The van der Waals surface area contributed by atoms with E-state index < -0.39 is 0 Å². The summed E-state index contributed by atoms with van der Waals surface area (Å²) < 4.78 is 0. The zero-order valence-corrected chi connectivity index (χ0v) is 17.6. The molecule has 2 heterocycles. The number of nitrogens with one attached hydrogen (secondary N) is 1. The van der Waals surface area contributed by atoms with Crippen molar-refractivity contribution in [2.45, 2.75) is 30.2 Å². The van der Waals surface area contributed by atoms with Crippen molar-refractivity contribution in [3.05, 3.63) is 60.2 Å². The molecule has 1 fully saturated rings. The van der Waals surface area contributed by atoms with Crippen LogP contribution in [0.2, 0.25) is 0 Å². The summed E-state index contributed by atoms with van der Waals surface area (Å²) in [6, 6.07) is 17.1. The molecule has 2 aliphatic heterocycles. The highest BCUT2D eigenvalue weighted by Gasteiger charge is 2.27. The molecule has 30 heavy (non-hydrogen) atoms. The van der Waals surface area contributed by atoms with Crippen LogP contribution in [-0.4, -0.2) is 54.1 Å². The maximum absolute atomic E-state index is 12.7. The number of fused-ring (bicyclic) bond motifs is 1. The minimum absolute atomic E-state index is 0.0498. The fourth-order valence-electron chi connectivity index (χ4n) is 3.90. The van der Waals surface area contributed by atoms with Crippen LogP contribution < -0.4 is 10.2 Å². The van der Waals surface area contributed by atoms with Crippen LogP contribution in [-0.2, 0) is 9.59 Å². The largest absolute Gasteiger partial charge is 0.349 e. The van der Waals surface area contributed by atoms with Crippen molar-refractivity contribution in [1.29, 1.82) is 0 Å². The van der Waals surface area contributed by atoms with Gasteiger partial charge in [-0.1, -0.05) is 30.3 Å². The molecule has 0 aromatic heterocycles. The Labute approximate surface area is 180 Å². The number of piperidine rings is 1. The number of nitrogens with zero attached hydrogens (tertiary/aromatic N) is 2. The van der Waals surface area contributed by atoms with Gasteiger partial charge in [-0.05, 0) is 37.1 Å². The fraction of sp³-hybridized carbons (Fsp3) is 0.348. The van der Waals surface area contributed by atoms with Gasteiger partial charge in [0.1, 0.15) is 0 Å². The van der Waals surface area contributed by atoms with E-state index in [1.165, 1.54) is 0 Å². The highest BCUT2D eigenvalue weighted by molar-refractivity contribution is 8.00. The summed E-state index contributed by atoms with van der Waals surface area (Å²) in [4.78, 5) is 42.0. The highest BCUT2D eigenvalue weighted by Crippen LogP contribution is 2.34. The molecule has 2 aliphatic rings. The molecule has 2 aromatic carbocycles. The van der Waals surface area contributed by atoms with Crippen LogP contribution in [0.3, 0.4) is 0 Å². The fourth-order valence-corrected chi connectivity index (χ4v) is 4.83. The third kappa shape index (κ3) is 4.67. The van der Waals surface area contributed by atoms with Crippen molar-refractivity contribution in [1.82, 2.24) is 10.2 Å². The van der Waals surface area contributed by atoms with Crippen molar-refractivity contribution in [3.8, 4) is 0 Å². The number of carbonyl (C=O) groups excluding carboxylic acids is 3. The topological polar surface area (TPSA) is 69.7 Å². The second-order valence-corrected chi connectivity index (χ2v) is 8.56. The molecule has 0 atom stereocenters. The van der Waals surface area contributed by atoms with E-state index >= 15 is 0 Å². The quantitative estimate of drug-likeness (QED) is 0.803. The van der Waals surface area contributed by atoms with Gasteiger partial charge in [-0.15, -0.1) is 11.8 Å². The summed E-state index contributed by atoms with van der Waals surface area (Å²) in [7, 11) is 0. The van der Waals surface area contributed by atoms with Gasteiger partial charge in [-0.3, -0.25) is 14.4 Å². The standard InChI is InChI=1S/C23H25N3O3S/c27-21(12-15-26-19-8-4-5-9-20(19)30-16-22(26)28)25-13-10-18(11-14-25)24-23(29)17-6-2-1-3-7-17/h1-9,18H,10-16H2,(H,24,29). The summed E-state index contributed by atoms with van der Waals surface area (Å²) in [5.41, 5.74) is 1.55. The lowest BCUT2D eigenvalue weighted by atomic mass is 10.0. The Morgan fingerprint density at radius 2 is 1.70 bits per heavy atom. The molecular weight excluding hydrogens is 398 g/mol. The molecule has 3 amide bonds. The predicted octanol–water partition coefficient (Wildman–Crippen LogP) is 2.94. The number of para-hydroxylation sites is 1. The van der Waals surface area contributed by atoms with Crippen molar-refractivity contribution in [2.75, 3.05) is 30.3 Å². The molecule has 1 N–H and O–H groups in total. The first-order valence-corrected chi connectivity index (χ1v) is 11.3. The van der Waals surface area contributed by atoms with Gasteiger partial charge < -0.3 is 15.1 Å². The van der Waals surface area contributed by atoms with E-state index in [-0.39, 0.29) is 23.8 Å². The van der Waals surface area contributed by atoms with Crippen molar-refractivity contribution in [2.24, 2.45) is 0 Å². The maximum Gasteiger partial charge on any atom is 0.251 e. The smallest absolute Gasteiger partial charge is 0.251 e. The second-order valence-electron chi connectivity index (χ2n) is 7.55. The van der Waals surface area contributed by atoms with E-state index in [0.717, 1.165) is 23.4 Å². The van der Waals surface area contributed by atoms with Crippen LogP contribution in [0, 0.1) is 0 Å². The number of rotatable bonds is 5. The number of amides is 3. The Morgan fingerprint density at radius 1 is 1.00 bits per heavy atom. The normalized spacial score (nSPS) is 16.9. The Morgan fingerprint density at radius 3 is 2.47 bits per heavy atom. The molecule has 156 valence electrons. The number of benzene rings is 2. The zero-order valence-electron chi connectivity index (χ0n) is 16.8. The molecule has 0 aliphatic carbocycles. The Kier molecular flexibility index (Phi) is 6.38. The van der Waals surface area contributed by atoms with Crippen molar-refractivity contribution < 1.29 is 14.4 Å². The summed E-state index contributed by atoms with van der Waals surface area (Å²) in [5, 5.41) is 3.06. The van der Waals surface area contributed by atoms with Gasteiger partial charge in [0.25, 0.3) is 5.91 Å². The van der Waals surface area contributed by atoms with Gasteiger partial charge >= 0.3 is 0 Å². The summed E-state index contributed by atoms with van der Waals surface area (Å²) in [5.74, 6) is 0.457. The first-order chi connectivity index (χ1) is 14.6. The number of likely N-dealkylation sites (tertiary alicyclic amines) is 1. The van der Waals surface area contributed by atoms with Gasteiger partial charge in [0.05, 0.1) is 11.4 Å². The molecule has 7 heteroatoms. The molecular formula is C23H25N3O3S. The molecule has 4 rings (SSSR count). The van der Waals surface area contributed by atoms with Crippen LogP contribution in [0.4, 0.5) is 5.69 Å². The Hall–Kier alpha value is -2.80. The monoisotopic (exact) mass is 423 g/mol. The molecule has 0 unspecified atom stereocenters. The van der Waals surface area contributed by atoms with Gasteiger partial charge in [0.15, 0.2) is 0 Å². The number of hydrogen-bond acceptors (Lipinski definition) is 4. The number of carbonyl (C=O) groups is 3. The van der Waals surface area contributed by atoms with E-state index in [4.69, 9.17) is 0 Å². The average Bonchev–Trinajstić information content (AvgIpc) is 2.79. The number of hydrogen-bond donors (Lipinski definition) is 1. The average molecular weight is 424 g/mol. The molecule has 0 radical (unpaired) electrons. The van der Waals surface area contributed by atoms with Crippen molar-refractivity contribution in [3.63, 3.8) is 0 Å². The van der Waals surface area contributed by atoms with E-state index in [2.05, 4.69) is 5.32 Å². The molecule has 0 saturated carbocycles. The SMILES string of the molecule is O=C(NC1CCN(C(=O)CCN2C(=O)CSc3ccccc32)CC1)c1ccccc1. The third-order valence-corrected chi connectivity index (χ3v) is 6.62. The third-order valence-electron chi connectivity index (χ3n) is 5.58. The first kappa shape index (κ1) is 20.5. The number of thioether (sulfide) groups is 1. The highest BCUT2D eigenvalue weighted by atomic mass is 32.2. The van der Waals surface area contributed by atoms with Crippen molar-refractivity contribution >= 4 is 35.2 Å². The van der Waals surface area contributed by atoms with Gasteiger partial charge in [-0.2, -0.15) is 0 Å². The van der Waals surface area contributed by atoms with E-state index in [0.29, 0.717) is 37.4 Å². The minimum Gasteiger partial charge on any atom is -0.349 e. The van der Waals surface area contributed by atoms with E-state index in [1.54, 1.807) is 28.8 Å². The first-order valence-electron chi connectivity index (χ1n) is 10.3. The number of anilines is 1. The lowest BCUT2D eigenvalue weighted by Crippen LogP contribution is -2.47. The minimum atomic E-state index is -0.0690. The van der Waals surface area contributed by atoms with Crippen LogP contribution in [0.15, 0.2) is 59.5 Å². The predicted molar refractivity (Wildman–Crippen MR) is 118 cm³/mol. The lowest BCUT2D eigenvalue weighted by Gasteiger charge is -2.33. The summed E-state index contributed by atoms with van der Waals surface area (Å²) in [6.45, 7) is 1.65. The molecule has 2 aromatic rings. The van der Waals surface area contributed by atoms with E-state index in [9.17, 15) is 14.4 Å².